The second-order valence-electron chi connectivity index (χ2n) is 7.99. The van der Waals surface area contributed by atoms with Crippen molar-refractivity contribution >= 4 is 74.5 Å². The largest absolute Gasteiger partial charge is 0.435 e. The first kappa shape index (κ1) is 26.7. The number of nitrogens with zero attached hydrogens (tertiary/aromatic N) is 3. The van der Waals surface area contributed by atoms with E-state index in [1.54, 1.807) is 6.92 Å². The van der Waals surface area contributed by atoms with Crippen LogP contribution in [0.5, 0.6) is 0 Å². The predicted molar refractivity (Wildman–Crippen MR) is 130 cm³/mol. The summed E-state index contributed by atoms with van der Waals surface area (Å²) in [5.41, 5.74) is -2.31. The topological polar surface area (TPSA) is 80.6 Å². The van der Waals surface area contributed by atoms with E-state index in [-0.39, 0.29) is 48.4 Å². The quantitative estimate of drug-likeness (QED) is 0.273. The summed E-state index contributed by atoms with van der Waals surface area (Å²) < 4.78 is 43.0. The maximum atomic E-state index is 14.3. The molecule has 7 nitrogen and oxygen atoms in total. The van der Waals surface area contributed by atoms with E-state index in [1.165, 1.54) is 18.2 Å². The number of rotatable bonds is 5. The van der Waals surface area contributed by atoms with E-state index < -0.39 is 30.3 Å². The molecule has 2 aliphatic rings. The molecule has 2 heterocycles. The van der Waals surface area contributed by atoms with Gasteiger partial charge in [0, 0.05) is 28.4 Å². The van der Waals surface area contributed by atoms with E-state index in [1.807, 2.05) is 0 Å². The number of alkyl halides is 3. The highest BCUT2D eigenvalue weighted by Gasteiger charge is 2.62. The lowest BCUT2D eigenvalue weighted by molar-refractivity contribution is -0.275. The number of amides is 2. The molecule has 1 unspecified atom stereocenters. The van der Waals surface area contributed by atoms with E-state index in [9.17, 15) is 22.8 Å². The highest BCUT2D eigenvalue weighted by molar-refractivity contribution is 9.10. The summed E-state index contributed by atoms with van der Waals surface area (Å²) in [6, 6.07) is 6.22. The summed E-state index contributed by atoms with van der Waals surface area (Å²) in [6.07, 6.45) is -5.89. The molecule has 0 saturated carbocycles. The SMILES string of the molecule is CC1=NOC(N(C=O)C(=O)c2ccc(C3=NO[C@@](c4cc(Cl)c(Cl)c(Cl)c4)(C(F)(F)F)C3)cc2Br)C1. The minimum absolute atomic E-state index is 0.0374. The average Bonchev–Trinajstić information content (AvgIpc) is 3.45. The van der Waals surface area contributed by atoms with Crippen molar-refractivity contribution in [1.82, 2.24) is 4.90 Å². The summed E-state index contributed by atoms with van der Waals surface area (Å²) in [5.74, 6) is -0.682. The molecule has 0 aromatic heterocycles. The van der Waals surface area contributed by atoms with Gasteiger partial charge in [-0.05, 0) is 47.1 Å². The Balaban J connectivity index is 1.62. The number of carbonyl (C=O) groups excluding carboxylic acids is 2. The first-order chi connectivity index (χ1) is 16.9. The molecule has 2 amide bonds. The lowest BCUT2D eigenvalue weighted by atomic mass is 9.86. The van der Waals surface area contributed by atoms with Gasteiger partial charge in [0.05, 0.1) is 32.1 Å². The van der Waals surface area contributed by atoms with Crippen molar-refractivity contribution in [2.75, 3.05) is 0 Å². The van der Waals surface area contributed by atoms with Gasteiger partial charge in [0.15, 0.2) is 0 Å². The molecule has 0 aliphatic carbocycles. The number of oxime groups is 2. The van der Waals surface area contributed by atoms with Crippen LogP contribution in [0.25, 0.3) is 0 Å². The maximum absolute atomic E-state index is 14.3. The van der Waals surface area contributed by atoms with Crippen LogP contribution in [-0.4, -0.2) is 41.0 Å². The van der Waals surface area contributed by atoms with Gasteiger partial charge in [-0.25, -0.2) is 4.90 Å². The van der Waals surface area contributed by atoms with Crippen molar-refractivity contribution in [2.24, 2.45) is 10.3 Å². The number of carbonyl (C=O) groups is 2. The summed E-state index contributed by atoms with van der Waals surface area (Å²) in [7, 11) is 0. The van der Waals surface area contributed by atoms with Gasteiger partial charge in [-0.1, -0.05) is 51.2 Å². The zero-order valence-corrected chi connectivity index (χ0v) is 21.9. The van der Waals surface area contributed by atoms with Crippen LogP contribution in [0, 0.1) is 0 Å². The second-order valence-corrected chi connectivity index (χ2v) is 10.0. The first-order valence-electron chi connectivity index (χ1n) is 10.1. The van der Waals surface area contributed by atoms with Gasteiger partial charge >= 0.3 is 6.18 Å². The van der Waals surface area contributed by atoms with Gasteiger partial charge in [-0.15, -0.1) is 0 Å². The molecule has 0 N–H and O–H groups in total. The van der Waals surface area contributed by atoms with Crippen LogP contribution in [-0.2, 0) is 20.1 Å². The third-order valence-electron chi connectivity index (χ3n) is 5.63. The summed E-state index contributed by atoms with van der Waals surface area (Å²) in [6.45, 7) is 1.69. The van der Waals surface area contributed by atoms with Gasteiger partial charge < -0.3 is 9.68 Å². The van der Waals surface area contributed by atoms with E-state index in [4.69, 9.17) is 44.5 Å². The van der Waals surface area contributed by atoms with E-state index in [2.05, 4.69) is 26.2 Å². The van der Waals surface area contributed by atoms with Gasteiger partial charge in [0.2, 0.25) is 12.6 Å². The number of halogens is 7. The summed E-state index contributed by atoms with van der Waals surface area (Å²) in [5, 5.41) is 7.00. The minimum Gasteiger partial charge on any atom is -0.374 e. The van der Waals surface area contributed by atoms with Crippen molar-refractivity contribution < 1.29 is 32.4 Å². The zero-order chi connectivity index (χ0) is 26.4. The van der Waals surface area contributed by atoms with Crippen molar-refractivity contribution in [2.45, 2.75) is 37.8 Å². The third-order valence-corrected chi connectivity index (χ3v) is 7.48. The molecular formula is C22H14BrCl3F3N3O4. The zero-order valence-electron chi connectivity index (χ0n) is 18.1. The molecule has 14 heteroatoms. The van der Waals surface area contributed by atoms with Crippen LogP contribution >= 0.6 is 50.7 Å². The molecule has 0 saturated heterocycles. The van der Waals surface area contributed by atoms with Gasteiger partial charge in [0.25, 0.3) is 11.5 Å². The van der Waals surface area contributed by atoms with Crippen LogP contribution in [0.15, 0.2) is 45.1 Å². The van der Waals surface area contributed by atoms with Crippen LogP contribution in [0.2, 0.25) is 15.1 Å². The Labute approximate surface area is 225 Å². The Kier molecular flexibility index (Phi) is 7.31. The Bertz CT molecular complexity index is 1300. The molecule has 190 valence electrons. The lowest BCUT2D eigenvalue weighted by Gasteiger charge is -2.30. The van der Waals surface area contributed by atoms with Crippen molar-refractivity contribution in [3.8, 4) is 0 Å². The number of hydrogen-bond acceptors (Lipinski definition) is 6. The van der Waals surface area contributed by atoms with Crippen LogP contribution in [0.1, 0.15) is 41.3 Å². The number of imide groups is 1. The fourth-order valence-corrected chi connectivity index (χ4v) is 4.87. The van der Waals surface area contributed by atoms with E-state index >= 15 is 0 Å². The van der Waals surface area contributed by atoms with E-state index in [0.717, 1.165) is 17.0 Å². The Morgan fingerprint density at radius 2 is 1.86 bits per heavy atom. The highest BCUT2D eigenvalue weighted by atomic mass is 79.9. The fourth-order valence-electron chi connectivity index (χ4n) is 3.73. The molecule has 0 radical (unpaired) electrons. The predicted octanol–water partition coefficient (Wildman–Crippen LogP) is 6.71. The number of hydrogen-bond donors (Lipinski definition) is 0. The molecule has 2 aliphatic heterocycles. The summed E-state index contributed by atoms with van der Waals surface area (Å²) in [4.78, 5) is 35.4. The molecule has 36 heavy (non-hydrogen) atoms. The van der Waals surface area contributed by atoms with E-state index in [0.29, 0.717) is 12.1 Å². The smallest absolute Gasteiger partial charge is 0.374 e. The monoisotopic (exact) mass is 625 g/mol. The maximum Gasteiger partial charge on any atom is 0.435 e. The third kappa shape index (κ3) is 4.69. The molecule has 4 rings (SSSR count). The van der Waals surface area contributed by atoms with Crippen molar-refractivity contribution in [1.29, 1.82) is 0 Å². The van der Waals surface area contributed by atoms with Gasteiger partial charge in [0.1, 0.15) is 0 Å². The average molecular weight is 628 g/mol. The molecule has 2 atom stereocenters. The first-order valence-corrected chi connectivity index (χ1v) is 12.0. The molecule has 0 bridgehead atoms. The lowest BCUT2D eigenvalue weighted by Crippen LogP contribution is -2.42. The Morgan fingerprint density at radius 3 is 2.39 bits per heavy atom. The number of benzene rings is 2. The van der Waals surface area contributed by atoms with Crippen LogP contribution < -0.4 is 0 Å². The van der Waals surface area contributed by atoms with Crippen molar-refractivity contribution in [3.05, 3.63) is 66.6 Å². The normalized spacial score (nSPS) is 21.4. The second kappa shape index (κ2) is 9.85. The standard InChI is InChI=1S/C22H14BrCl3F3N3O4/c1-10-4-18(35-30-10)32(9-33)20(34)13-3-2-11(5-14(13)23)17-8-21(36-31-17,22(27,28)29)12-6-15(24)19(26)16(25)7-12/h2-3,5-7,9,18H,4,8H2,1H3/t18?,21-/m0/s1. The summed E-state index contributed by atoms with van der Waals surface area (Å²) >= 11 is 21.1. The Morgan fingerprint density at radius 1 is 1.19 bits per heavy atom. The molecule has 2 aromatic carbocycles. The van der Waals surface area contributed by atoms with Gasteiger partial charge in [-0.2, -0.15) is 13.2 Å². The highest BCUT2D eigenvalue weighted by Crippen LogP contribution is 2.50. The molecule has 0 spiro atoms. The van der Waals surface area contributed by atoms with Gasteiger partial charge in [-0.3, -0.25) is 9.59 Å². The van der Waals surface area contributed by atoms with Crippen LogP contribution in [0.4, 0.5) is 13.2 Å². The molecule has 0 fully saturated rings. The molecular weight excluding hydrogens is 614 g/mol. The van der Waals surface area contributed by atoms with Crippen LogP contribution in [0.3, 0.4) is 0 Å². The van der Waals surface area contributed by atoms with Crippen molar-refractivity contribution in [3.63, 3.8) is 0 Å². The molecule has 2 aromatic rings. The Hall–Kier alpha value is -2.34. The minimum atomic E-state index is -4.89. The fraction of sp³-hybridized carbons (Fsp3) is 0.273.